The Bertz CT molecular complexity index is 334. The van der Waals surface area contributed by atoms with Crippen LogP contribution in [0.3, 0.4) is 0 Å². The molecule has 0 aliphatic heterocycles. The molecule has 4 nitrogen and oxygen atoms in total. The van der Waals surface area contributed by atoms with Gasteiger partial charge in [-0.3, -0.25) is 16.0 Å². The van der Waals surface area contributed by atoms with Crippen LogP contribution < -0.4 is 11.3 Å². The second-order valence-corrected chi connectivity index (χ2v) is 5.36. The van der Waals surface area contributed by atoms with Crippen LogP contribution >= 0.6 is 0 Å². The highest BCUT2D eigenvalue weighted by atomic mass is 15.3. The first-order chi connectivity index (χ1) is 8.60. The zero-order chi connectivity index (χ0) is 13.5. The Balaban J connectivity index is 2.56. The number of nitrogens with one attached hydrogen (secondary N) is 1. The van der Waals surface area contributed by atoms with Crippen LogP contribution in [0.2, 0.25) is 0 Å². The molecule has 3 N–H and O–H groups in total. The smallest absolute Gasteiger partial charge is 0.0640 e. The summed E-state index contributed by atoms with van der Waals surface area (Å²) in [4.78, 5) is 0. The average molecular weight is 252 g/mol. The molecule has 104 valence electrons. The first-order valence-electron chi connectivity index (χ1n) is 7.10. The third kappa shape index (κ3) is 4.42. The van der Waals surface area contributed by atoms with Gasteiger partial charge >= 0.3 is 0 Å². The Morgan fingerprint density at radius 3 is 2.61 bits per heavy atom. The maximum atomic E-state index is 5.63. The number of nitrogens with two attached hydrogens (primary N) is 1. The standard InChI is InChI=1S/C14H28N4/c1-5-11(3)9-14(16-15)10-13-7-8-18(17-13)12(4)6-2/h7-8,11-12,14,16H,5-6,9-10,15H2,1-4H3. The van der Waals surface area contributed by atoms with Crippen LogP contribution in [0.1, 0.15) is 58.7 Å². The van der Waals surface area contributed by atoms with Crippen molar-refractivity contribution in [2.45, 2.75) is 65.5 Å². The first-order valence-corrected chi connectivity index (χ1v) is 7.10. The molecule has 0 aliphatic carbocycles. The van der Waals surface area contributed by atoms with E-state index in [1.54, 1.807) is 0 Å². The molecule has 18 heavy (non-hydrogen) atoms. The number of nitrogens with zero attached hydrogens (tertiary/aromatic N) is 2. The maximum Gasteiger partial charge on any atom is 0.0640 e. The van der Waals surface area contributed by atoms with Crippen LogP contribution in [0.5, 0.6) is 0 Å². The Labute approximate surface area is 111 Å². The van der Waals surface area contributed by atoms with Gasteiger partial charge in [-0.05, 0) is 31.7 Å². The van der Waals surface area contributed by atoms with Crippen LogP contribution in [0.4, 0.5) is 0 Å². The van der Waals surface area contributed by atoms with Crippen molar-refractivity contribution in [3.63, 3.8) is 0 Å². The summed E-state index contributed by atoms with van der Waals surface area (Å²) in [6.07, 6.45) is 6.37. The Morgan fingerprint density at radius 1 is 1.33 bits per heavy atom. The number of rotatable bonds is 8. The highest BCUT2D eigenvalue weighted by Gasteiger charge is 2.13. The fourth-order valence-corrected chi connectivity index (χ4v) is 2.03. The predicted octanol–water partition coefficient (Wildman–Crippen LogP) is 2.66. The molecule has 0 aliphatic rings. The second kappa shape index (κ2) is 7.54. The third-order valence-electron chi connectivity index (χ3n) is 3.78. The lowest BCUT2D eigenvalue weighted by molar-refractivity contribution is 0.391. The molecular formula is C14H28N4. The van der Waals surface area contributed by atoms with Crippen LogP contribution in [0.25, 0.3) is 0 Å². The first kappa shape index (κ1) is 15.2. The third-order valence-corrected chi connectivity index (χ3v) is 3.78. The van der Waals surface area contributed by atoms with E-state index in [1.807, 2.05) is 4.68 Å². The van der Waals surface area contributed by atoms with Crippen molar-refractivity contribution in [1.29, 1.82) is 0 Å². The van der Waals surface area contributed by atoms with Crippen molar-refractivity contribution >= 4 is 0 Å². The van der Waals surface area contributed by atoms with Gasteiger partial charge in [-0.25, -0.2) is 0 Å². The van der Waals surface area contributed by atoms with Gasteiger partial charge in [0, 0.05) is 24.7 Å². The maximum absolute atomic E-state index is 5.63. The van der Waals surface area contributed by atoms with E-state index in [1.165, 1.54) is 6.42 Å². The van der Waals surface area contributed by atoms with E-state index < -0.39 is 0 Å². The summed E-state index contributed by atoms with van der Waals surface area (Å²) in [6, 6.07) is 2.89. The average Bonchev–Trinajstić information content (AvgIpc) is 2.85. The molecule has 0 fully saturated rings. The van der Waals surface area contributed by atoms with Gasteiger partial charge in [0.05, 0.1) is 5.69 Å². The van der Waals surface area contributed by atoms with Gasteiger partial charge in [-0.15, -0.1) is 0 Å². The molecule has 3 unspecified atom stereocenters. The van der Waals surface area contributed by atoms with Crippen LogP contribution in [-0.2, 0) is 6.42 Å². The van der Waals surface area contributed by atoms with Crippen molar-refractivity contribution in [2.75, 3.05) is 0 Å². The molecule has 0 spiro atoms. The predicted molar refractivity (Wildman–Crippen MR) is 76.1 cm³/mol. The minimum Gasteiger partial charge on any atom is -0.271 e. The Kier molecular flexibility index (Phi) is 6.36. The molecular weight excluding hydrogens is 224 g/mol. The Hall–Kier alpha value is -0.870. The molecule has 0 saturated heterocycles. The fourth-order valence-electron chi connectivity index (χ4n) is 2.03. The highest BCUT2D eigenvalue weighted by Crippen LogP contribution is 2.14. The molecule has 1 rings (SSSR count). The molecule has 0 bridgehead atoms. The lowest BCUT2D eigenvalue weighted by atomic mass is 9.97. The normalized spacial score (nSPS) is 16.5. The largest absolute Gasteiger partial charge is 0.271 e. The monoisotopic (exact) mass is 252 g/mol. The summed E-state index contributed by atoms with van der Waals surface area (Å²) >= 11 is 0. The van der Waals surface area contributed by atoms with Crippen LogP contribution in [0.15, 0.2) is 12.3 Å². The highest BCUT2D eigenvalue weighted by molar-refractivity contribution is 5.02. The van der Waals surface area contributed by atoms with Gasteiger partial charge in [0.25, 0.3) is 0 Å². The number of hydrogen-bond donors (Lipinski definition) is 2. The summed E-state index contributed by atoms with van der Waals surface area (Å²) in [5, 5.41) is 4.62. The lowest BCUT2D eigenvalue weighted by Crippen LogP contribution is -2.38. The van der Waals surface area contributed by atoms with Crippen molar-refractivity contribution < 1.29 is 0 Å². The summed E-state index contributed by atoms with van der Waals surface area (Å²) in [5.41, 5.74) is 4.05. The van der Waals surface area contributed by atoms with Gasteiger partial charge in [-0.2, -0.15) is 5.10 Å². The van der Waals surface area contributed by atoms with Gasteiger partial charge in [0.1, 0.15) is 0 Å². The zero-order valence-corrected chi connectivity index (χ0v) is 12.2. The van der Waals surface area contributed by atoms with E-state index in [2.05, 4.69) is 50.5 Å². The molecule has 0 aromatic carbocycles. The SMILES string of the molecule is CCC(C)CC(Cc1ccn(C(C)CC)n1)NN. The molecule has 0 amide bonds. The van der Waals surface area contributed by atoms with Gasteiger partial charge in [0.2, 0.25) is 0 Å². The van der Waals surface area contributed by atoms with Crippen LogP contribution in [0, 0.1) is 5.92 Å². The summed E-state index contributed by atoms with van der Waals surface area (Å²) in [5.74, 6) is 6.33. The molecule has 1 heterocycles. The molecule has 0 radical (unpaired) electrons. The summed E-state index contributed by atoms with van der Waals surface area (Å²) in [7, 11) is 0. The van der Waals surface area contributed by atoms with E-state index in [-0.39, 0.29) is 0 Å². The van der Waals surface area contributed by atoms with E-state index in [0.717, 1.165) is 25.0 Å². The molecule has 1 aromatic heterocycles. The van der Waals surface area contributed by atoms with Crippen molar-refractivity contribution in [3.8, 4) is 0 Å². The van der Waals surface area contributed by atoms with Crippen molar-refractivity contribution in [2.24, 2.45) is 11.8 Å². The van der Waals surface area contributed by atoms with E-state index in [0.29, 0.717) is 18.0 Å². The molecule has 1 aromatic rings. The number of hydrogen-bond acceptors (Lipinski definition) is 3. The lowest BCUT2D eigenvalue weighted by Gasteiger charge is -2.18. The van der Waals surface area contributed by atoms with E-state index >= 15 is 0 Å². The van der Waals surface area contributed by atoms with Crippen molar-refractivity contribution in [1.82, 2.24) is 15.2 Å². The summed E-state index contributed by atoms with van der Waals surface area (Å²) < 4.78 is 2.05. The second-order valence-electron chi connectivity index (χ2n) is 5.36. The quantitative estimate of drug-likeness (QED) is 0.552. The molecule has 3 atom stereocenters. The topological polar surface area (TPSA) is 55.9 Å². The Morgan fingerprint density at radius 2 is 2.06 bits per heavy atom. The van der Waals surface area contributed by atoms with E-state index in [4.69, 9.17) is 5.84 Å². The molecule has 4 heteroatoms. The summed E-state index contributed by atoms with van der Waals surface area (Å²) in [6.45, 7) is 8.85. The van der Waals surface area contributed by atoms with Crippen LogP contribution in [-0.4, -0.2) is 15.8 Å². The fraction of sp³-hybridized carbons (Fsp3) is 0.786. The van der Waals surface area contributed by atoms with Gasteiger partial charge < -0.3 is 0 Å². The number of aromatic nitrogens is 2. The van der Waals surface area contributed by atoms with Gasteiger partial charge in [-0.1, -0.05) is 27.2 Å². The van der Waals surface area contributed by atoms with Crippen molar-refractivity contribution in [3.05, 3.63) is 18.0 Å². The molecule has 0 saturated carbocycles. The van der Waals surface area contributed by atoms with E-state index in [9.17, 15) is 0 Å². The minimum atomic E-state index is 0.320. The van der Waals surface area contributed by atoms with Gasteiger partial charge in [0.15, 0.2) is 0 Å². The minimum absolute atomic E-state index is 0.320. The zero-order valence-electron chi connectivity index (χ0n) is 12.2. The number of hydrazine groups is 1.